The SMILES string of the molecule is CCNCCCCc1cccc(C2CC2)c1. The zero-order valence-corrected chi connectivity index (χ0v) is 10.3. The van der Waals surface area contributed by atoms with Gasteiger partial charge in [0, 0.05) is 0 Å². The second-order valence-electron chi connectivity index (χ2n) is 4.83. The van der Waals surface area contributed by atoms with E-state index in [9.17, 15) is 0 Å². The minimum absolute atomic E-state index is 0.890. The Morgan fingerprint density at radius 3 is 2.88 bits per heavy atom. The van der Waals surface area contributed by atoms with Crippen molar-refractivity contribution in [3.05, 3.63) is 35.4 Å². The fourth-order valence-corrected chi connectivity index (χ4v) is 2.18. The molecule has 0 aromatic heterocycles. The predicted molar refractivity (Wildman–Crippen MR) is 69.9 cm³/mol. The maximum absolute atomic E-state index is 3.37. The topological polar surface area (TPSA) is 12.0 Å². The molecule has 1 fully saturated rings. The molecule has 0 bridgehead atoms. The van der Waals surface area contributed by atoms with E-state index in [1.165, 1.54) is 44.2 Å². The lowest BCUT2D eigenvalue weighted by Gasteiger charge is -2.05. The van der Waals surface area contributed by atoms with Crippen molar-refractivity contribution in [3.8, 4) is 0 Å². The number of hydrogen-bond acceptors (Lipinski definition) is 1. The molecule has 0 amide bonds. The van der Waals surface area contributed by atoms with Gasteiger partial charge < -0.3 is 5.32 Å². The molecule has 0 saturated heterocycles. The molecule has 0 radical (unpaired) electrons. The van der Waals surface area contributed by atoms with Crippen LogP contribution in [0.4, 0.5) is 0 Å². The number of benzene rings is 1. The van der Waals surface area contributed by atoms with Crippen molar-refractivity contribution in [3.63, 3.8) is 0 Å². The van der Waals surface area contributed by atoms with Crippen LogP contribution in [0.25, 0.3) is 0 Å². The summed E-state index contributed by atoms with van der Waals surface area (Å²) >= 11 is 0. The van der Waals surface area contributed by atoms with Crippen LogP contribution in [0.1, 0.15) is 49.7 Å². The summed E-state index contributed by atoms with van der Waals surface area (Å²) < 4.78 is 0. The Kier molecular flexibility index (Phi) is 4.41. The van der Waals surface area contributed by atoms with Crippen molar-refractivity contribution in [2.24, 2.45) is 0 Å². The summed E-state index contributed by atoms with van der Waals surface area (Å²) in [5.41, 5.74) is 3.10. The molecule has 0 unspecified atom stereocenters. The Balaban J connectivity index is 1.73. The van der Waals surface area contributed by atoms with E-state index in [4.69, 9.17) is 0 Å². The summed E-state index contributed by atoms with van der Waals surface area (Å²) in [6, 6.07) is 9.22. The normalized spacial score (nSPS) is 15.3. The molecule has 1 nitrogen and oxygen atoms in total. The van der Waals surface area contributed by atoms with Crippen LogP contribution < -0.4 is 5.32 Å². The molecule has 1 aliphatic rings. The van der Waals surface area contributed by atoms with Crippen molar-refractivity contribution < 1.29 is 0 Å². The third-order valence-electron chi connectivity index (χ3n) is 3.32. The molecule has 2 rings (SSSR count). The maximum Gasteiger partial charge on any atom is -0.00489 e. The zero-order valence-electron chi connectivity index (χ0n) is 10.3. The average molecular weight is 217 g/mol. The van der Waals surface area contributed by atoms with Crippen LogP contribution in [0.5, 0.6) is 0 Å². The molecule has 0 aliphatic heterocycles. The van der Waals surface area contributed by atoms with Crippen molar-refractivity contribution in [1.82, 2.24) is 5.32 Å². The fourth-order valence-electron chi connectivity index (χ4n) is 2.18. The highest BCUT2D eigenvalue weighted by molar-refractivity contribution is 5.29. The van der Waals surface area contributed by atoms with Gasteiger partial charge in [-0.05, 0) is 62.2 Å². The van der Waals surface area contributed by atoms with E-state index in [1.54, 1.807) is 5.56 Å². The quantitative estimate of drug-likeness (QED) is 0.689. The van der Waals surface area contributed by atoms with Gasteiger partial charge in [0.1, 0.15) is 0 Å². The molecule has 0 spiro atoms. The number of nitrogens with one attached hydrogen (secondary N) is 1. The van der Waals surface area contributed by atoms with Crippen molar-refractivity contribution in [1.29, 1.82) is 0 Å². The number of rotatable bonds is 7. The Bertz CT molecular complexity index is 315. The minimum atomic E-state index is 0.890. The molecule has 1 aliphatic carbocycles. The predicted octanol–water partition coefficient (Wildman–Crippen LogP) is 3.50. The van der Waals surface area contributed by atoms with E-state index in [0.29, 0.717) is 0 Å². The largest absolute Gasteiger partial charge is 0.317 e. The molecule has 1 heteroatoms. The summed E-state index contributed by atoms with van der Waals surface area (Å²) in [4.78, 5) is 0. The van der Waals surface area contributed by atoms with Gasteiger partial charge in [0.25, 0.3) is 0 Å². The van der Waals surface area contributed by atoms with Gasteiger partial charge in [-0.15, -0.1) is 0 Å². The Hall–Kier alpha value is -0.820. The highest BCUT2D eigenvalue weighted by Crippen LogP contribution is 2.40. The average Bonchev–Trinajstić information content (AvgIpc) is 3.13. The molecular weight excluding hydrogens is 194 g/mol. The van der Waals surface area contributed by atoms with Gasteiger partial charge in [0.15, 0.2) is 0 Å². The smallest absolute Gasteiger partial charge is 0.00489 e. The first kappa shape index (κ1) is 11.7. The van der Waals surface area contributed by atoms with Crippen molar-refractivity contribution >= 4 is 0 Å². The number of aryl methyl sites for hydroxylation is 1. The first-order chi connectivity index (χ1) is 7.90. The highest BCUT2D eigenvalue weighted by Gasteiger charge is 2.23. The van der Waals surface area contributed by atoms with Crippen molar-refractivity contribution in [2.45, 2.75) is 44.9 Å². The standard InChI is InChI=1S/C15H23N/c1-2-16-11-4-3-6-13-7-5-8-15(12-13)14-9-10-14/h5,7-8,12,14,16H,2-4,6,9-11H2,1H3. The lowest BCUT2D eigenvalue weighted by molar-refractivity contribution is 0.640. The molecular formula is C15H23N. The Morgan fingerprint density at radius 1 is 1.25 bits per heavy atom. The van der Waals surface area contributed by atoms with Crippen molar-refractivity contribution in [2.75, 3.05) is 13.1 Å². The first-order valence-electron chi connectivity index (χ1n) is 6.69. The minimum Gasteiger partial charge on any atom is -0.317 e. The van der Waals surface area contributed by atoms with Crippen LogP contribution in [0, 0.1) is 0 Å². The molecule has 0 heterocycles. The number of hydrogen-bond donors (Lipinski definition) is 1. The molecule has 1 saturated carbocycles. The van der Waals surface area contributed by atoms with Gasteiger partial charge >= 0.3 is 0 Å². The van der Waals surface area contributed by atoms with Crippen LogP contribution in [-0.4, -0.2) is 13.1 Å². The van der Waals surface area contributed by atoms with Crippen LogP contribution in [0.15, 0.2) is 24.3 Å². The van der Waals surface area contributed by atoms with Gasteiger partial charge in [-0.25, -0.2) is 0 Å². The third kappa shape index (κ3) is 3.64. The lowest BCUT2D eigenvalue weighted by Crippen LogP contribution is -2.13. The van der Waals surface area contributed by atoms with Crippen LogP contribution in [-0.2, 0) is 6.42 Å². The van der Waals surface area contributed by atoms with E-state index in [0.717, 1.165) is 12.5 Å². The molecule has 1 aromatic carbocycles. The monoisotopic (exact) mass is 217 g/mol. The van der Waals surface area contributed by atoms with Gasteiger partial charge in [0.05, 0.1) is 0 Å². The third-order valence-corrected chi connectivity index (χ3v) is 3.32. The fraction of sp³-hybridized carbons (Fsp3) is 0.600. The van der Waals surface area contributed by atoms with Crippen LogP contribution in [0.2, 0.25) is 0 Å². The first-order valence-corrected chi connectivity index (χ1v) is 6.69. The van der Waals surface area contributed by atoms with E-state index in [1.807, 2.05) is 0 Å². The Morgan fingerprint density at radius 2 is 2.12 bits per heavy atom. The Labute approximate surface area is 99.3 Å². The second-order valence-corrected chi connectivity index (χ2v) is 4.83. The highest BCUT2D eigenvalue weighted by atomic mass is 14.8. The number of unbranched alkanes of at least 4 members (excludes halogenated alkanes) is 1. The summed E-state index contributed by atoms with van der Waals surface area (Å²) in [6.07, 6.45) is 6.66. The van der Waals surface area contributed by atoms with E-state index in [2.05, 4.69) is 36.5 Å². The van der Waals surface area contributed by atoms with Gasteiger partial charge in [0.2, 0.25) is 0 Å². The van der Waals surface area contributed by atoms with E-state index < -0.39 is 0 Å². The van der Waals surface area contributed by atoms with Gasteiger partial charge in [-0.1, -0.05) is 31.2 Å². The summed E-state index contributed by atoms with van der Waals surface area (Å²) in [6.45, 7) is 4.43. The molecule has 0 atom stereocenters. The van der Waals surface area contributed by atoms with Gasteiger partial charge in [-0.2, -0.15) is 0 Å². The second kappa shape index (κ2) is 6.05. The van der Waals surface area contributed by atoms with E-state index >= 15 is 0 Å². The molecule has 1 N–H and O–H groups in total. The summed E-state index contributed by atoms with van der Waals surface area (Å²) in [7, 11) is 0. The van der Waals surface area contributed by atoms with Gasteiger partial charge in [-0.3, -0.25) is 0 Å². The lowest BCUT2D eigenvalue weighted by atomic mass is 10.0. The van der Waals surface area contributed by atoms with Crippen LogP contribution >= 0.6 is 0 Å². The maximum atomic E-state index is 3.37. The zero-order chi connectivity index (χ0) is 11.2. The molecule has 88 valence electrons. The summed E-state index contributed by atoms with van der Waals surface area (Å²) in [5.74, 6) is 0.890. The summed E-state index contributed by atoms with van der Waals surface area (Å²) in [5, 5.41) is 3.37. The molecule has 1 aromatic rings. The van der Waals surface area contributed by atoms with E-state index in [-0.39, 0.29) is 0 Å². The van der Waals surface area contributed by atoms with Crippen LogP contribution in [0.3, 0.4) is 0 Å². The molecule has 16 heavy (non-hydrogen) atoms.